The summed E-state index contributed by atoms with van der Waals surface area (Å²) < 4.78 is 32.5. The quantitative estimate of drug-likeness (QED) is 0.469. The van der Waals surface area contributed by atoms with E-state index in [2.05, 4.69) is 10.3 Å². The Kier molecular flexibility index (Phi) is 6.81. The summed E-state index contributed by atoms with van der Waals surface area (Å²) in [6, 6.07) is 10.0. The zero-order valence-corrected chi connectivity index (χ0v) is 18.2. The molecule has 4 N–H and O–H groups in total. The zero-order valence-electron chi connectivity index (χ0n) is 17.4. The van der Waals surface area contributed by atoms with Crippen LogP contribution in [0.3, 0.4) is 0 Å². The van der Waals surface area contributed by atoms with Gasteiger partial charge in [-0.05, 0) is 54.7 Å². The van der Waals surface area contributed by atoms with Crippen molar-refractivity contribution < 1.29 is 23.4 Å². The standard InChI is InChI=1S/C21H25N5O4S/c1-14-11-15(2)13-26(12-14)31(28,29)17-8-6-16(7-9-17)20(27)25-21(23)30-19(22)18-5-3-4-10-24-18/h3-10,14-15,22H,11-13H2,1-2H3,(H2,23,25,27)/p+1/t14-,15+. The summed E-state index contributed by atoms with van der Waals surface area (Å²) in [5.74, 6) is -0.157. The highest BCUT2D eigenvalue weighted by atomic mass is 32.2. The van der Waals surface area contributed by atoms with Gasteiger partial charge in [0.15, 0.2) is 5.69 Å². The number of pyridine rings is 1. The summed E-state index contributed by atoms with van der Waals surface area (Å²) in [5.41, 5.74) is 0.515. The summed E-state index contributed by atoms with van der Waals surface area (Å²) in [5, 5.41) is 15.8. The number of ether oxygens (including phenoxy) is 1. The Morgan fingerprint density at radius 3 is 2.39 bits per heavy atom. The molecule has 2 heterocycles. The molecule has 1 amide bonds. The molecule has 1 saturated heterocycles. The minimum atomic E-state index is -3.63. The Bertz CT molecular complexity index is 1060. The van der Waals surface area contributed by atoms with Crippen molar-refractivity contribution in [2.75, 3.05) is 13.1 Å². The third kappa shape index (κ3) is 5.53. The summed E-state index contributed by atoms with van der Waals surface area (Å²) in [7, 11) is -3.63. The van der Waals surface area contributed by atoms with Crippen LogP contribution in [-0.4, -0.2) is 48.6 Å². The minimum Gasteiger partial charge on any atom is -0.369 e. The molecule has 1 fully saturated rings. The monoisotopic (exact) mass is 444 g/mol. The SMILES string of the molecule is C[C@@H]1C[C@H](C)CN(S(=O)(=O)c2ccc(C(=O)NC(=N)OC(=[NH2+])c3ccccn3)cc2)C1. The lowest BCUT2D eigenvalue weighted by molar-refractivity contribution is -0.131. The molecule has 0 radical (unpaired) electrons. The lowest BCUT2D eigenvalue weighted by atomic mass is 9.94. The van der Waals surface area contributed by atoms with Crippen molar-refractivity contribution in [3.05, 3.63) is 59.9 Å². The Balaban J connectivity index is 1.63. The topological polar surface area (TPSA) is 138 Å². The number of amides is 1. The Labute approximate surface area is 181 Å². The normalized spacial score (nSPS) is 19.4. The van der Waals surface area contributed by atoms with Crippen molar-refractivity contribution in [2.24, 2.45) is 11.8 Å². The molecular formula is C21H26N5O4S+. The Morgan fingerprint density at radius 1 is 1.16 bits per heavy atom. The predicted octanol–water partition coefficient (Wildman–Crippen LogP) is 0.635. The van der Waals surface area contributed by atoms with Crippen molar-refractivity contribution in [3.63, 3.8) is 0 Å². The highest BCUT2D eigenvalue weighted by molar-refractivity contribution is 7.89. The van der Waals surface area contributed by atoms with E-state index in [1.54, 1.807) is 18.2 Å². The van der Waals surface area contributed by atoms with Gasteiger partial charge in [-0.3, -0.25) is 15.5 Å². The molecule has 0 spiro atoms. The van der Waals surface area contributed by atoms with E-state index in [1.165, 1.54) is 34.8 Å². The number of amidine groups is 1. The number of nitrogens with two attached hydrogens (primary N) is 1. The molecular weight excluding hydrogens is 418 g/mol. The maximum Gasteiger partial charge on any atom is 0.393 e. The van der Waals surface area contributed by atoms with Crippen molar-refractivity contribution in [3.8, 4) is 0 Å². The van der Waals surface area contributed by atoms with Gasteiger partial charge < -0.3 is 4.74 Å². The van der Waals surface area contributed by atoms with Crippen molar-refractivity contribution in [2.45, 2.75) is 25.2 Å². The van der Waals surface area contributed by atoms with Gasteiger partial charge >= 0.3 is 5.90 Å². The van der Waals surface area contributed by atoms with Gasteiger partial charge in [-0.25, -0.2) is 18.8 Å². The summed E-state index contributed by atoms with van der Waals surface area (Å²) in [6.45, 7) is 5.05. The summed E-state index contributed by atoms with van der Waals surface area (Å²) in [4.78, 5) is 16.5. The van der Waals surface area contributed by atoms with Crippen LogP contribution in [0.25, 0.3) is 0 Å². The first kappa shape index (κ1) is 22.6. The summed E-state index contributed by atoms with van der Waals surface area (Å²) >= 11 is 0. The molecule has 1 aromatic carbocycles. The van der Waals surface area contributed by atoms with Gasteiger partial charge in [-0.15, -0.1) is 0 Å². The molecule has 2 atom stereocenters. The van der Waals surface area contributed by atoms with Gasteiger partial charge in [-0.2, -0.15) is 4.31 Å². The van der Waals surface area contributed by atoms with Crippen molar-refractivity contribution in [1.29, 1.82) is 5.41 Å². The van der Waals surface area contributed by atoms with Crippen LogP contribution in [0.4, 0.5) is 0 Å². The second-order valence-electron chi connectivity index (χ2n) is 7.76. The van der Waals surface area contributed by atoms with E-state index in [0.717, 1.165) is 6.42 Å². The van der Waals surface area contributed by atoms with Gasteiger partial charge in [0.2, 0.25) is 10.0 Å². The molecule has 2 aromatic rings. The highest BCUT2D eigenvalue weighted by Crippen LogP contribution is 2.26. The fraction of sp³-hybridized carbons (Fsp3) is 0.333. The maximum absolute atomic E-state index is 12.9. The average molecular weight is 445 g/mol. The number of carbonyl (C=O) groups is 1. The van der Waals surface area contributed by atoms with Gasteiger partial charge in [0.25, 0.3) is 11.9 Å². The number of hydrogen-bond donors (Lipinski definition) is 3. The van der Waals surface area contributed by atoms with Crippen LogP contribution >= 0.6 is 0 Å². The van der Waals surface area contributed by atoms with E-state index in [1.807, 2.05) is 13.8 Å². The largest absolute Gasteiger partial charge is 0.393 e. The molecule has 1 aliphatic rings. The highest BCUT2D eigenvalue weighted by Gasteiger charge is 2.31. The van der Waals surface area contributed by atoms with E-state index in [4.69, 9.17) is 15.6 Å². The number of carbonyl (C=O) groups excluding carboxylic acids is 1. The maximum atomic E-state index is 12.9. The number of benzene rings is 1. The molecule has 164 valence electrons. The van der Waals surface area contributed by atoms with Crippen LogP contribution < -0.4 is 10.7 Å². The number of sulfonamides is 1. The minimum absolute atomic E-state index is 0.127. The number of rotatable bonds is 4. The number of aromatic nitrogens is 1. The number of nitrogens with zero attached hydrogens (tertiary/aromatic N) is 2. The third-order valence-electron chi connectivity index (χ3n) is 4.95. The fourth-order valence-corrected chi connectivity index (χ4v) is 5.28. The molecule has 3 rings (SSSR count). The predicted molar refractivity (Wildman–Crippen MR) is 115 cm³/mol. The van der Waals surface area contributed by atoms with E-state index in [9.17, 15) is 13.2 Å². The molecule has 1 aliphatic heterocycles. The fourth-order valence-electron chi connectivity index (χ4n) is 3.60. The van der Waals surface area contributed by atoms with Crippen LogP contribution in [-0.2, 0) is 14.8 Å². The first-order valence-electron chi connectivity index (χ1n) is 9.88. The second-order valence-corrected chi connectivity index (χ2v) is 9.69. The Hall–Kier alpha value is -3.11. The van der Waals surface area contributed by atoms with Crippen LogP contribution in [0.2, 0.25) is 0 Å². The number of piperidine rings is 1. The van der Waals surface area contributed by atoms with Crippen molar-refractivity contribution in [1.82, 2.24) is 14.6 Å². The number of nitrogens with one attached hydrogen (secondary N) is 2. The van der Waals surface area contributed by atoms with E-state index >= 15 is 0 Å². The molecule has 0 bridgehead atoms. The van der Waals surface area contributed by atoms with E-state index in [0.29, 0.717) is 30.6 Å². The van der Waals surface area contributed by atoms with E-state index < -0.39 is 22.0 Å². The third-order valence-corrected chi connectivity index (χ3v) is 6.79. The Morgan fingerprint density at radius 2 is 1.81 bits per heavy atom. The number of hydrogen-bond acceptors (Lipinski definition) is 6. The van der Waals surface area contributed by atoms with Crippen molar-refractivity contribution >= 4 is 27.8 Å². The van der Waals surface area contributed by atoms with E-state index in [-0.39, 0.29) is 16.4 Å². The molecule has 0 unspecified atom stereocenters. The second kappa shape index (κ2) is 9.36. The smallest absolute Gasteiger partial charge is 0.369 e. The zero-order chi connectivity index (χ0) is 22.6. The van der Waals surface area contributed by atoms with Crippen LogP contribution in [0.5, 0.6) is 0 Å². The summed E-state index contributed by atoms with van der Waals surface area (Å²) in [6.07, 6.45) is 2.52. The van der Waals surface area contributed by atoms with Crippen LogP contribution in [0, 0.1) is 17.2 Å². The molecule has 0 saturated carbocycles. The first-order chi connectivity index (χ1) is 14.7. The molecule has 1 aromatic heterocycles. The lowest BCUT2D eigenvalue weighted by Gasteiger charge is -2.34. The first-order valence-corrected chi connectivity index (χ1v) is 11.3. The molecule has 31 heavy (non-hydrogen) atoms. The van der Waals surface area contributed by atoms with Gasteiger partial charge in [0.1, 0.15) is 0 Å². The van der Waals surface area contributed by atoms with Gasteiger partial charge in [0.05, 0.1) is 4.90 Å². The molecule has 9 nitrogen and oxygen atoms in total. The average Bonchev–Trinajstić information content (AvgIpc) is 2.73. The van der Waals surface area contributed by atoms with Crippen LogP contribution in [0.1, 0.15) is 36.3 Å². The molecule has 10 heteroatoms. The van der Waals surface area contributed by atoms with Crippen LogP contribution in [0.15, 0.2) is 53.6 Å². The molecule has 0 aliphatic carbocycles. The van der Waals surface area contributed by atoms with Gasteiger partial charge in [0, 0.05) is 24.8 Å². The lowest BCUT2D eigenvalue weighted by Crippen LogP contribution is -2.46. The van der Waals surface area contributed by atoms with Gasteiger partial charge in [-0.1, -0.05) is 19.9 Å².